The Labute approximate surface area is 126 Å². The maximum atomic E-state index is 9.97. The van der Waals surface area contributed by atoms with Crippen molar-refractivity contribution in [1.82, 2.24) is 0 Å². The highest BCUT2D eigenvalue weighted by Gasteiger charge is 2.38. The lowest BCUT2D eigenvalue weighted by Crippen LogP contribution is -2.50. The molecule has 0 amide bonds. The van der Waals surface area contributed by atoms with Crippen LogP contribution in [-0.2, 0) is 4.65 Å². The Balaban J connectivity index is 3.62. The van der Waals surface area contributed by atoms with E-state index >= 15 is 0 Å². The molecule has 0 saturated carbocycles. The van der Waals surface area contributed by atoms with E-state index in [0.29, 0.717) is 6.32 Å². The van der Waals surface area contributed by atoms with Crippen LogP contribution in [0, 0.1) is 0 Å². The van der Waals surface area contributed by atoms with Crippen LogP contribution < -0.4 is 0 Å². The van der Waals surface area contributed by atoms with E-state index < -0.39 is 18.3 Å². The predicted molar refractivity (Wildman–Crippen MR) is 86.9 cm³/mol. The molecule has 0 spiro atoms. The fourth-order valence-electron chi connectivity index (χ4n) is 2.00. The lowest BCUT2D eigenvalue weighted by atomic mass is 9.78. The minimum Gasteiger partial charge on any atom is -0.427 e. The first kappa shape index (κ1) is 19.9. The normalized spacial score (nSPS) is 12.8. The summed E-state index contributed by atoms with van der Waals surface area (Å²) in [5.74, 6) is 0. The van der Waals surface area contributed by atoms with E-state index in [2.05, 4.69) is 6.92 Å². The van der Waals surface area contributed by atoms with E-state index in [1.165, 1.54) is 38.5 Å². The van der Waals surface area contributed by atoms with Gasteiger partial charge in [-0.3, -0.25) is 0 Å². The summed E-state index contributed by atoms with van der Waals surface area (Å²) in [5, 5.41) is 19.9. The molecule has 0 aliphatic heterocycles. The van der Waals surface area contributed by atoms with Crippen molar-refractivity contribution in [3.63, 3.8) is 0 Å². The van der Waals surface area contributed by atoms with Gasteiger partial charge in [-0.05, 0) is 34.0 Å². The summed E-state index contributed by atoms with van der Waals surface area (Å²) in [6, 6.07) is 0. The van der Waals surface area contributed by atoms with E-state index in [4.69, 9.17) is 4.65 Å². The van der Waals surface area contributed by atoms with Gasteiger partial charge < -0.3 is 14.8 Å². The summed E-state index contributed by atoms with van der Waals surface area (Å²) in [7, 11) is -0.781. The Bertz CT molecular complexity index is 236. The summed E-state index contributed by atoms with van der Waals surface area (Å²) in [6.07, 6.45) is 10.6. The quantitative estimate of drug-likeness (QED) is 0.418. The molecule has 20 heavy (non-hydrogen) atoms. The first-order chi connectivity index (χ1) is 9.20. The van der Waals surface area contributed by atoms with Gasteiger partial charge in [-0.15, -0.1) is 0 Å². The summed E-state index contributed by atoms with van der Waals surface area (Å²) in [5.41, 5.74) is -1.71. The lowest BCUT2D eigenvalue weighted by Gasteiger charge is -2.38. The maximum Gasteiger partial charge on any atom is 0.454 e. The highest BCUT2D eigenvalue weighted by atomic mass is 16.5. The van der Waals surface area contributed by atoms with Crippen molar-refractivity contribution in [3.8, 4) is 0 Å². The second-order valence-corrected chi connectivity index (χ2v) is 6.91. The molecule has 0 aromatic carbocycles. The predicted octanol–water partition coefficient (Wildman–Crippen LogP) is 4.17. The second-order valence-electron chi connectivity index (χ2n) is 6.91. The van der Waals surface area contributed by atoms with E-state index in [1.807, 2.05) is 13.8 Å². The van der Waals surface area contributed by atoms with Crippen LogP contribution in [0.15, 0.2) is 0 Å². The standard InChI is InChI=1S/C16H35BO3/c1-6-7-8-9-10-11-12-13-14-17(19)20-16(4,5)15(2,3)18/h18-19H,6-14H2,1-5H3. The van der Waals surface area contributed by atoms with Gasteiger partial charge in [0.2, 0.25) is 0 Å². The zero-order chi connectivity index (χ0) is 15.6. The number of unbranched alkanes of at least 4 members (excludes halogenated alkanes) is 7. The topological polar surface area (TPSA) is 49.7 Å². The molecule has 0 aromatic rings. The van der Waals surface area contributed by atoms with E-state index in [9.17, 15) is 10.1 Å². The smallest absolute Gasteiger partial charge is 0.427 e. The molecule has 0 aliphatic rings. The SMILES string of the molecule is CCCCCCCCCCB(O)OC(C)(C)C(C)(C)O. The molecular formula is C16H35BO3. The Morgan fingerprint density at radius 1 is 0.850 bits per heavy atom. The highest BCUT2D eigenvalue weighted by molar-refractivity contribution is 6.42. The lowest BCUT2D eigenvalue weighted by molar-refractivity contribution is -0.1000. The molecular weight excluding hydrogens is 251 g/mol. The van der Waals surface area contributed by atoms with Crippen LogP contribution in [0.25, 0.3) is 0 Å². The van der Waals surface area contributed by atoms with Crippen molar-refractivity contribution >= 4 is 7.12 Å². The second kappa shape index (κ2) is 9.80. The molecule has 4 heteroatoms. The van der Waals surface area contributed by atoms with Crippen molar-refractivity contribution in [2.24, 2.45) is 0 Å². The van der Waals surface area contributed by atoms with Crippen molar-refractivity contribution in [1.29, 1.82) is 0 Å². The summed E-state index contributed by atoms with van der Waals surface area (Å²) < 4.78 is 5.57. The summed E-state index contributed by atoms with van der Waals surface area (Å²) >= 11 is 0. The Morgan fingerprint density at radius 2 is 1.30 bits per heavy atom. The minimum absolute atomic E-state index is 0.647. The van der Waals surface area contributed by atoms with Gasteiger partial charge in [0, 0.05) is 0 Å². The van der Waals surface area contributed by atoms with Crippen LogP contribution >= 0.6 is 0 Å². The molecule has 0 aromatic heterocycles. The van der Waals surface area contributed by atoms with Crippen LogP contribution in [0.5, 0.6) is 0 Å². The molecule has 120 valence electrons. The van der Waals surface area contributed by atoms with Crippen LogP contribution in [0.4, 0.5) is 0 Å². The fourth-order valence-corrected chi connectivity index (χ4v) is 2.00. The molecule has 0 saturated heterocycles. The van der Waals surface area contributed by atoms with E-state index in [-0.39, 0.29) is 0 Å². The van der Waals surface area contributed by atoms with Crippen molar-refractivity contribution in [3.05, 3.63) is 0 Å². The van der Waals surface area contributed by atoms with Gasteiger partial charge in [-0.1, -0.05) is 58.3 Å². The molecule has 0 rings (SSSR count). The van der Waals surface area contributed by atoms with Crippen molar-refractivity contribution < 1.29 is 14.8 Å². The number of rotatable bonds is 12. The molecule has 0 radical (unpaired) electrons. The largest absolute Gasteiger partial charge is 0.454 e. The molecule has 3 nitrogen and oxygen atoms in total. The fraction of sp³-hybridized carbons (Fsp3) is 1.00. The summed E-state index contributed by atoms with van der Waals surface area (Å²) in [6.45, 7) is 9.26. The van der Waals surface area contributed by atoms with E-state index in [0.717, 1.165) is 12.8 Å². The average molecular weight is 286 g/mol. The number of hydrogen-bond acceptors (Lipinski definition) is 3. The van der Waals surface area contributed by atoms with Gasteiger partial charge >= 0.3 is 7.12 Å². The molecule has 0 unspecified atom stereocenters. The van der Waals surface area contributed by atoms with Crippen LogP contribution in [0.3, 0.4) is 0 Å². The van der Waals surface area contributed by atoms with Crippen LogP contribution in [0.2, 0.25) is 6.32 Å². The van der Waals surface area contributed by atoms with Gasteiger partial charge in [-0.25, -0.2) is 0 Å². The van der Waals surface area contributed by atoms with Crippen molar-refractivity contribution in [2.75, 3.05) is 0 Å². The number of hydrogen-bond donors (Lipinski definition) is 2. The van der Waals surface area contributed by atoms with Crippen LogP contribution in [-0.4, -0.2) is 28.5 Å². The van der Waals surface area contributed by atoms with E-state index in [1.54, 1.807) is 13.8 Å². The Hall–Kier alpha value is -0.0551. The Morgan fingerprint density at radius 3 is 1.75 bits per heavy atom. The van der Waals surface area contributed by atoms with Crippen molar-refractivity contribution in [2.45, 2.75) is 104 Å². The van der Waals surface area contributed by atoms with Gasteiger partial charge in [0.1, 0.15) is 0 Å². The maximum absolute atomic E-state index is 9.97. The molecule has 0 aliphatic carbocycles. The molecule has 0 heterocycles. The minimum atomic E-state index is -0.965. The highest BCUT2D eigenvalue weighted by Crippen LogP contribution is 2.26. The third-order valence-corrected chi connectivity index (χ3v) is 4.21. The average Bonchev–Trinajstić information content (AvgIpc) is 2.30. The summed E-state index contributed by atoms with van der Waals surface area (Å²) in [4.78, 5) is 0. The molecule has 0 fully saturated rings. The van der Waals surface area contributed by atoms with Gasteiger partial charge in [0.25, 0.3) is 0 Å². The first-order valence-electron chi connectivity index (χ1n) is 8.29. The zero-order valence-corrected chi connectivity index (χ0v) is 14.2. The zero-order valence-electron chi connectivity index (χ0n) is 14.2. The number of aliphatic hydroxyl groups is 1. The van der Waals surface area contributed by atoms with Gasteiger partial charge in [-0.2, -0.15) is 0 Å². The molecule has 2 N–H and O–H groups in total. The van der Waals surface area contributed by atoms with Gasteiger partial charge in [0.05, 0.1) is 11.2 Å². The monoisotopic (exact) mass is 286 g/mol. The third-order valence-electron chi connectivity index (χ3n) is 4.21. The Kier molecular flexibility index (Phi) is 9.78. The van der Waals surface area contributed by atoms with Gasteiger partial charge in [0.15, 0.2) is 0 Å². The third kappa shape index (κ3) is 8.99. The molecule has 0 atom stereocenters. The van der Waals surface area contributed by atoms with Crippen LogP contribution in [0.1, 0.15) is 86.0 Å². The first-order valence-corrected chi connectivity index (χ1v) is 8.29. The molecule has 0 bridgehead atoms.